The molecule has 0 aliphatic heterocycles. The monoisotopic (exact) mass is 350 g/mol. The van der Waals surface area contributed by atoms with E-state index in [1.807, 2.05) is 19.9 Å². The number of rotatable bonds is 7. The van der Waals surface area contributed by atoms with Crippen LogP contribution in [0.25, 0.3) is 0 Å². The molecule has 0 fully saturated rings. The minimum Gasteiger partial charge on any atom is -0.478 e. The van der Waals surface area contributed by atoms with Gasteiger partial charge in [0, 0.05) is 34.6 Å². The lowest BCUT2D eigenvalue weighted by molar-refractivity contribution is -0.385. The summed E-state index contributed by atoms with van der Waals surface area (Å²) in [6.07, 6.45) is 0.970. The third-order valence-electron chi connectivity index (χ3n) is 3.80. The van der Waals surface area contributed by atoms with Crippen LogP contribution in [0.4, 0.5) is 5.69 Å². The Labute approximate surface area is 145 Å². The number of hydrogen-bond acceptors (Lipinski definition) is 4. The van der Waals surface area contributed by atoms with Gasteiger partial charge in [-0.1, -0.05) is 18.5 Å². The second-order valence-corrected chi connectivity index (χ2v) is 5.95. The van der Waals surface area contributed by atoms with Crippen molar-refractivity contribution in [1.29, 1.82) is 0 Å². The van der Waals surface area contributed by atoms with E-state index in [2.05, 4.69) is 11.5 Å². The summed E-state index contributed by atoms with van der Waals surface area (Å²) in [6, 6.07) is 5.91. The summed E-state index contributed by atoms with van der Waals surface area (Å²) >= 11 is 5.76. The van der Waals surface area contributed by atoms with Crippen LogP contribution in [0.15, 0.2) is 24.3 Å². The third-order valence-corrected chi connectivity index (χ3v) is 4.03. The summed E-state index contributed by atoms with van der Waals surface area (Å²) in [5.41, 5.74) is 2.22. The van der Waals surface area contributed by atoms with Crippen molar-refractivity contribution in [2.45, 2.75) is 33.7 Å². The molecule has 1 aromatic carbocycles. The first-order valence-corrected chi connectivity index (χ1v) is 7.99. The van der Waals surface area contributed by atoms with E-state index in [-0.39, 0.29) is 28.8 Å². The average molecular weight is 351 g/mol. The molecule has 0 unspecified atom stereocenters. The van der Waals surface area contributed by atoms with E-state index in [1.165, 1.54) is 18.2 Å². The van der Waals surface area contributed by atoms with E-state index in [0.717, 1.165) is 24.4 Å². The number of benzene rings is 1. The van der Waals surface area contributed by atoms with Gasteiger partial charge in [0.05, 0.1) is 4.92 Å². The number of carbonyl (C=O) groups is 1. The maximum Gasteiger partial charge on any atom is 0.312 e. The molecule has 0 atom stereocenters. The molecule has 6 nitrogen and oxygen atoms in total. The molecule has 0 saturated carbocycles. The fourth-order valence-electron chi connectivity index (χ4n) is 2.63. The van der Waals surface area contributed by atoms with Gasteiger partial charge in [-0.05, 0) is 38.5 Å². The summed E-state index contributed by atoms with van der Waals surface area (Å²) in [6.45, 7) is 6.49. The van der Waals surface area contributed by atoms with Crippen LogP contribution in [-0.4, -0.2) is 21.9 Å². The Morgan fingerprint density at radius 1 is 1.33 bits per heavy atom. The van der Waals surface area contributed by atoms with Gasteiger partial charge in [0.1, 0.15) is 0 Å². The summed E-state index contributed by atoms with van der Waals surface area (Å²) in [5.74, 6) is -0.185. The Morgan fingerprint density at radius 2 is 2.04 bits per heavy atom. The van der Waals surface area contributed by atoms with Crippen LogP contribution in [-0.2, 0) is 6.54 Å². The number of aromatic nitrogens is 1. The number of Topliss-reactive ketones (excluding diaryl/α,β-unsaturated/α-hetero) is 1. The van der Waals surface area contributed by atoms with Gasteiger partial charge in [0.25, 0.3) is 0 Å². The second-order valence-electron chi connectivity index (χ2n) is 5.52. The number of nitro groups is 1. The molecular formula is C17H19ClN2O4. The molecule has 0 radical (unpaired) electrons. The topological polar surface area (TPSA) is 74.4 Å². The number of nitro benzene ring substituents is 1. The molecule has 1 aromatic heterocycles. The van der Waals surface area contributed by atoms with Crippen LogP contribution in [0.5, 0.6) is 5.75 Å². The van der Waals surface area contributed by atoms with Crippen molar-refractivity contribution in [1.82, 2.24) is 4.57 Å². The molecule has 24 heavy (non-hydrogen) atoms. The zero-order valence-electron chi connectivity index (χ0n) is 13.8. The van der Waals surface area contributed by atoms with Crippen LogP contribution in [0, 0.1) is 24.0 Å². The molecule has 1 heterocycles. The van der Waals surface area contributed by atoms with Crippen molar-refractivity contribution in [3.05, 3.63) is 56.4 Å². The predicted molar refractivity (Wildman–Crippen MR) is 92.1 cm³/mol. The van der Waals surface area contributed by atoms with Gasteiger partial charge < -0.3 is 9.30 Å². The van der Waals surface area contributed by atoms with Gasteiger partial charge >= 0.3 is 5.69 Å². The SMILES string of the molecule is CCCn1c(C)cc(C(=O)COc2ccc(Cl)cc2[N+](=O)[O-])c1C. The van der Waals surface area contributed by atoms with E-state index in [1.54, 1.807) is 0 Å². The van der Waals surface area contributed by atoms with Crippen molar-refractivity contribution >= 4 is 23.1 Å². The average Bonchev–Trinajstić information content (AvgIpc) is 2.82. The fraction of sp³-hybridized carbons (Fsp3) is 0.353. The Hall–Kier alpha value is -2.34. The minimum atomic E-state index is -0.585. The van der Waals surface area contributed by atoms with Crippen LogP contribution in [0.1, 0.15) is 35.1 Å². The summed E-state index contributed by atoms with van der Waals surface area (Å²) in [7, 11) is 0. The number of hydrogen-bond donors (Lipinski definition) is 0. The Bertz CT molecular complexity index is 783. The van der Waals surface area contributed by atoms with Crippen LogP contribution >= 0.6 is 11.6 Å². The number of halogens is 1. The Morgan fingerprint density at radius 3 is 2.67 bits per heavy atom. The first-order valence-electron chi connectivity index (χ1n) is 7.61. The molecule has 0 spiro atoms. The Balaban J connectivity index is 2.17. The van der Waals surface area contributed by atoms with Gasteiger partial charge in [0.15, 0.2) is 12.4 Å². The molecule has 0 N–H and O–H groups in total. The van der Waals surface area contributed by atoms with E-state index < -0.39 is 4.92 Å². The van der Waals surface area contributed by atoms with Gasteiger partial charge in [-0.2, -0.15) is 0 Å². The van der Waals surface area contributed by atoms with Crippen LogP contribution < -0.4 is 4.74 Å². The number of carbonyl (C=O) groups excluding carboxylic acids is 1. The van der Waals surface area contributed by atoms with Crippen molar-refractivity contribution in [3.63, 3.8) is 0 Å². The lowest BCUT2D eigenvalue weighted by atomic mass is 10.1. The van der Waals surface area contributed by atoms with Gasteiger partial charge in [0.2, 0.25) is 5.78 Å². The molecule has 0 amide bonds. The summed E-state index contributed by atoms with van der Waals surface area (Å²) < 4.78 is 7.46. The highest BCUT2D eigenvalue weighted by Crippen LogP contribution is 2.30. The van der Waals surface area contributed by atoms with E-state index in [0.29, 0.717) is 5.56 Å². The fourth-order valence-corrected chi connectivity index (χ4v) is 2.79. The molecule has 128 valence electrons. The smallest absolute Gasteiger partial charge is 0.312 e. The number of nitrogens with zero attached hydrogens (tertiary/aromatic N) is 2. The zero-order chi connectivity index (χ0) is 17.9. The van der Waals surface area contributed by atoms with Gasteiger partial charge in [-0.15, -0.1) is 0 Å². The maximum atomic E-state index is 12.4. The van der Waals surface area contributed by atoms with E-state index in [9.17, 15) is 14.9 Å². The molecule has 7 heteroatoms. The maximum absolute atomic E-state index is 12.4. The largest absolute Gasteiger partial charge is 0.478 e. The standard InChI is InChI=1S/C17H19ClN2O4/c1-4-7-19-11(2)8-14(12(19)3)16(21)10-24-17-6-5-13(18)9-15(17)20(22)23/h5-6,8-9H,4,7,10H2,1-3H3. The van der Waals surface area contributed by atoms with Crippen LogP contribution in [0.2, 0.25) is 5.02 Å². The quantitative estimate of drug-likeness (QED) is 0.423. The minimum absolute atomic E-state index is 0.0279. The predicted octanol–water partition coefficient (Wildman–Crippen LogP) is 4.34. The number of aryl methyl sites for hydroxylation is 1. The lowest BCUT2D eigenvalue weighted by Crippen LogP contribution is -2.13. The highest BCUT2D eigenvalue weighted by atomic mass is 35.5. The van der Waals surface area contributed by atoms with E-state index in [4.69, 9.17) is 16.3 Å². The highest BCUT2D eigenvalue weighted by molar-refractivity contribution is 6.30. The molecule has 2 aromatic rings. The molecule has 0 saturated heterocycles. The van der Waals surface area contributed by atoms with Gasteiger partial charge in [-0.25, -0.2) is 0 Å². The Kier molecular flexibility index (Phi) is 5.62. The summed E-state index contributed by atoms with van der Waals surface area (Å²) in [4.78, 5) is 22.9. The second kappa shape index (κ2) is 7.49. The van der Waals surface area contributed by atoms with Crippen molar-refractivity contribution < 1.29 is 14.5 Å². The molecule has 0 aliphatic carbocycles. The van der Waals surface area contributed by atoms with Crippen molar-refractivity contribution in [2.24, 2.45) is 0 Å². The molecular weight excluding hydrogens is 332 g/mol. The summed E-state index contributed by atoms with van der Waals surface area (Å²) in [5, 5.41) is 11.3. The molecule has 2 rings (SSSR count). The van der Waals surface area contributed by atoms with Crippen LogP contribution in [0.3, 0.4) is 0 Å². The third kappa shape index (κ3) is 3.76. The van der Waals surface area contributed by atoms with Gasteiger partial charge in [-0.3, -0.25) is 14.9 Å². The normalized spacial score (nSPS) is 10.7. The number of ether oxygens (including phenoxy) is 1. The van der Waals surface area contributed by atoms with Crippen molar-refractivity contribution in [3.8, 4) is 5.75 Å². The van der Waals surface area contributed by atoms with E-state index >= 15 is 0 Å². The molecule has 0 bridgehead atoms. The molecule has 0 aliphatic rings. The van der Waals surface area contributed by atoms with Crippen molar-refractivity contribution in [2.75, 3.05) is 6.61 Å². The number of ketones is 1. The lowest BCUT2D eigenvalue weighted by Gasteiger charge is -2.08. The first kappa shape index (κ1) is 18.0. The highest BCUT2D eigenvalue weighted by Gasteiger charge is 2.19. The zero-order valence-corrected chi connectivity index (χ0v) is 14.6. The first-order chi connectivity index (χ1) is 11.3.